The molecule has 108 valence electrons. The van der Waals surface area contributed by atoms with Crippen molar-refractivity contribution in [1.82, 2.24) is 5.32 Å². The second kappa shape index (κ2) is 5.91. The minimum atomic E-state index is -4.43. The lowest BCUT2D eigenvalue weighted by Crippen LogP contribution is -2.21. The van der Waals surface area contributed by atoms with Gasteiger partial charge in [0.2, 0.25) is 0 Å². The molecule has 0 saturated heterocycles. The molecule has 1 atom stereocenters. The Morgan fingerprint density at radius 1 is 1.15 bits per heavy atom. The van der Waals surface area contributed by atoms with E-state index in [1.165, 1.54) is 6.07 Å². The molecule has 7 heteroatoms. The quantitative estimate of drug-likeness (QED) is 0.755. The molecule has 0 fully saturated rings. The molecule has 20 heavy (non-hydrogen) atoms. The molecule has 1 unspecified atom stereocenters. The fourth-order valence-corrected chi connectivity index (χ4v) is 2.64. The predicted octanol–water partition coefficient (Wildman–Crippen LogP) is 5.13. The smallest absolute Gasteiger partial charge is 0.416 e. The van der Waals surface area contributed by atoms with Gasteiger partial charge in [-0.3, -0.25) is 0 Å². The first-order chi connectivity index (χ1) is 9.32. The van der Waals surface area contributed by atoms with E-state index < -0.39 is 17.8 Å². The summed E-state index contributed by atoms with van der Waals surface area (Å²) in [6.45, 7) is 0. The summed E-state index contributed by atoms with van der Waals surface area (Å²) < 4.78 is 45.7. The highest BCUT2D eigenvalue weighted by Crippen LogP contribution is 2.38. The van der Waals surface area contributed by atoms with Crippen LogP contribution >= 0.6 is 31.9 Å². The number of nitrogens with one attached hydrogen (secondary N) is 1. The van der Waals surface area contributed by atoms with Gasteiger partial charge in [-0.15, -0.1) is 0 Å². The van der Waals surface area contributed by atoms with E-state index in [4.69, 9.17) is 4.42 Å². The van der Waals surface area contributed by atoms with E-state index in [9.17, 15) is 13.2 Å². The van der Waals surface area contributed by atoms with Crippen molar-refractivity contribution in [3.63, 3.8) is 0 Å². The van der Waals surface area contributed by atoms with Gasteiger partial charge < -0.3 is 9.73 Å². The van der Waals surface area contributed by atoms with Crippen molar-refractivity contribution in [3.05, 3.63) is 56.4 Å². The van der Waals surface area contributed by atoms with Crippen LogP contribution in [-0.2, 0) is 6.18 Å². The molecule has 0 saturated carbocycles. The molecule has 0 aliphatic rings. The molecule has 0 aliphatic carbocycles. The number of hydrogen-bond acceptors (Lipinski definition) is 2. The Balaban J connectivity index is 2.55. The molecule has 1 N–H and O–H groups in total. The number of furan rings is 1. The summed E-state index contributed by atoms with van der Waals surface area (Å²) >= 11 is 6.22. The van der Waals surface area contributed by atoms with Crippen LogP contribution in [0.5, 0.6) is 0 Å². The van der Waals surface area contributed by atoms with Crippen molar-refractivity contribution >= 4 is 31.9 Å². The van der Waals surface area contributed by atoms with Crippen molar-refractivity contribution in [2.45, 2.75) is 12.2 Å². The van der Waals surface area contributed by atoms with Gasteiger partial charge in [-0.2, -0.15) is 13.2 Å². The average molecular weight is 413 g/mol. The third-order valence-electron chi connectivity index (χ3n) is 2.80. The maximum atomic E-state index is 13.2. The second-order valence-electron chi connectivity index (χ2n) is 4.09. The normalized spacial score (nSPS) is 13.5. The number of alkyl halides is 3. The molecule has 1 aromatic heterocycles. The molecule has 1 aromatic carbocycles. The van der Waals surface area contributed by atoms with Crippen molar-refractivity contribution in [3.8, 4) is 0 Å². The van der Waals surface area contributed by atoms with E-state index in [1.54, 1.807) is 25.2 Å². The van der Waals surface area contributed by atoms with Crippen molar-refractivity contribution in [2.24, 2.45) is 0 Å². The summed E-state index contributed by atoms with van der Waals surface area (Å²) in [5.41, 5.74) is -0.580. The molecule has 2 rings (SSSR count). The Morgan fingerprint density at radius 3 is 2.35 bits per heavy atom. The Morgan fingerprint density at radius 2 is 1.85 bits per heavy atom. The lowest BCUT2D eigenvalue weighted by atomic mass is 9.98. The first-order valence-electron chi connectivity index (χ1n) is 5.62. The van der Waals surface area contributed by atoms with Gasteiger partial charge in [0, 0.05) is 4.47 Å². The summed E-state index contributed by atoms with van der Waals surface area (Å²) in [4.78, 5) is 0. The third kappa shape index (κ3) is 3.27. The zero-order valence-electron chi connectivity index (χ0n) is 10.3. The average Bonchev–Trinajstić information content (AvgIpc) is 2.77. The Kier molecular flexibility index (Phi) is 4.61. The molecule has 1 heterocycles. The van der Waals surface area contributed by atoms with Gasteiger partial charge in [0.15, 0.2) is 4.67 Å². The van der Waals surface area contributed by atoms with E-state index in [-0.39, 0.29) is 5.56 Å². The minimum absolute atomic E-state index is 0.116. The van der Waals surface area contributed by atoms with Gasteiger partial charge in [0.05, 0.1) is 11.6 Å². The zero-order valence-corrected chi connectivity index (χ0v) is 13.4. The van der Waals surface area contributed by atoms with Crippen LogP contribution in [0, 0.1) is 0 Å². The molecule has 2 aromatic rings. The van der Waals surface area contributed by atoms with Crippen molar-refractivity contribution < 1.29 is 17.6 Å². The van der Waals surface area contributed by atoms with Crippen LogP contribution in [0.2, 0.25) is 0 Å². The van der Waals surface area contributed by atoms with Crippen LogP contribution in [0.1, 0.15) is 22.9 Å². The fraction of sp³-hybridized carbons (Fsp3) is 0.231. The summed E-state index contributed by atoms with van der Waals surface area (Å²) in [7, 11) is 1.59. The second-order valence-corrected chi connectivity index (χ2v) is 5.79. The first kappa shape index (κ1) is 15.6. The molecule has 0 amide bonds. The standard InChI is InChI=1S/C13H10Br2F3NO/c1-19-12(10-4-5-11(15)20-10)8-3-2-7(14)6-9(8)13(16,17)18/h2-6,12,19H,1H3. The van der Waals surface area contributed by atoms with E-state index in [2.05, 4.69) is 37.2 Å². The molecule has 2 nitrogen and oxygen atoms in total. The molecular weight excluding hydrogens is 403 g/mol. The van der Waals surface area contributed by atoms with Crippen LogP contribution in [0.4, 0.5) is 13.2 Å². The molecule has 0 aliphatic heterocycles. The van der Waals surface area contributed by atoms with Crippen molar-refractivity contribution in [1.29, 1.82) is 0 Å². The van der Waals surface area contributed by atoms with E-state index in [0.717, 1.165) is 6.07 Å². The highest BCUT2D eigenvalue weighted by molar-refractivity contribution is 9.10. The Hall–Kier alpha value is -0.790. The molecule has 0 radical (unpaired) electrons. The summed E-state index contributed by atoms with van der Waals surface area (Å²) in [5, 5.41) is 2.85. The number of rotatable bonds is 3. The van der Waals surface area contributed by atoms with E-state index >= 15 is 0 Å². The Bertz CT molecular complexity index is 610. The highest BCUT2D eigenvalue weighted by atomic mass is 79.9. The highest BCUT2D eigenvalue weighted by Gasteiger charge is 2.36. The fourth-order valence-electron chi connectivity index (χ4n) is 1.96. The van der Waals surface area contributed by atoms with Crippen LogP contribution < -0.4 is 5.32 Å². The van der Waals surface area contributed by atoms with Gasteiger partial charge in [-0.25, -0.2) is 0 Å². The maximum Gasteiger partial charge on any atom is 0.416 e. The molecular formula is C13H10Br2F3NO. The molecule has 0 spiro atoms. The van der Waals surface area contributed by atoms with Crippen LogP contribution in [0.15, 0.2) is 43.9 Å². The summed E-state index contributed by atoms with van der Waals surface area (Å²) in [6.07, 6.45) is -4.43. The van der Waals surface area contributed by atoms with Gasteiger partial charge in [-0.05, 0) is 52.8 Å². The third-order valence-corrected chi connectivity index (χ3v) is 3.72. The monoisotopic (exact) mass is 411 g/mol. The topological polar surface area (TPSA) is 25.2 Å². The minimum Gasteiger partial charge on any atom is -0.452 e. The van der Waals surface area contributed by atoms with Crippen molar-refractivity contribution in [2.75, 3.05) is 7.05 Å². The van der Waals surface area contributed by atoms with Gasteiger partial charge in [-0.1, -0.05) is 22.0 Å². The largest absolute Gasteiger partial charge is 0.452 e. The van der Waals surface area contributed by atoms with Crippen LogP contribution in [0.25, 0.3) is 0 Å². The zero-order chi connectivity index (χ0) is 14.9. The van der Waals surface area contributed by atoms with Crippen LogP contribution in [-0.4, -0.2) is 7.05 Å². The maximum absolute atomic E-state index is 13.2. The predicted molar refractivity (Wildman–Crippen MR) is 76.5 cm³/mol. The van der Waals surface area contributed by atoms with Gasteiger partial charge in [0.25, 0.3) is 0 Å². The summed E-state index contributed by atoms with van der Waals surface area (Å²) in [6, 6.07) is 6.68. The SMILES string of the molecule is CNC(c1ccc(Br)o1)c1ccc(Br)cc1C(F)(F)F. The van der Waals surface area contributed by atoms with Gasteiger partial charge >= 0.3 is 6.18 Å². The van der Waals surface area contributed by atoms with E-state index in [1.807, 2.05) is 0 Å². The Labute approximate surface area is 130 Å². The number of halogens is 5. The first-order valence-corrected chi connectivity index (χ1v) is 7.20. The summed E-state index contributed by atoms with van der Waals surface area (Å²) in [5.74, 6) is 0.409. The van der Waals surface area contributed by atoms with Crippen LogP contribution in [0.3, 0.4) is 0 Å². The lowest BCUT2D eigenvalue weighted by molar-refractivity contribution is -0.138. The van der Waals surface area contributed by atoms with Gasteiger partial charge in [0.1, 0.15) is 5.76 Å². The number of hydrogen-bond donors (Lipinski definition) is 1. The molecule has 0 bridgehead atoms. The van der Waals surface area contributed by atoms with E-state index in [0.29, 0.717) is 14.9 Å². The lowest BCUT2D eigenvalue weighted by Gasteiger charge is -2.20. The number of benzene rings is 1.